The van der Waals surface area contributed by atoms with Gasteiger partial charge in [-0.3, -0.25) is 9.48 Å². The lowest BCUT2D eigenvalue weighted by atomic mass is 9.79. The molecule has 1 aromatic carbocycles. The minimum atomic E-state index is -0.867. The second-order valence-corrected chi connectivity index (χ2v) is 6.91. The van der Waals surface area contributed by atoms with E-state index >= 15 is 0 Å². The van der Waals surface area contributed by atoms with E-state index in [1.807, 2.05) is 22.9 Å². The van der Waals surface area contributed by atoms with Gasteiger partial charge in [-0.2, -0.15) is 5.10 Å². The summed E-state index contributed by atoms with van der Waals surface area (Å²) in [6.45, 7) is 2.57. The Bertz CT molecular complexity index is 822. The van der Waals surface area contributed by atoms with Crippen LogP contribution in [0, 0.1) is 5.92 Å². The molecule has 7 nitrogen and oxygen atoms in total. The Balaban J connectivity index is 1.63. The van der Waals surface area contributed by atoms with Gasteiger partial charge >= 0.3 is 7.12 Å². The van der Waals surface area contributed by atoms with Gasteiger partial charge in [-0.1, -0.05) is 19.4 Å². The van der Waals surface area contributed by atoms with Crippen molar-refractivity contribution < 1.29 is 14.5 Å². The highest BCUT2D eigenvalue weighted by molar-refractivity contribution is 6.61. The van der Waals surface area contributed by atoms with E-state index < -0.39 is 13.0 Å². The summed E-state index contributed by atoms with van der Waals surface area (Å²) in [5.41, 5.74) is 8.39. The Hall–Kier alpha value is -2.32. The van der Waals surface area contributed by atoms with Crippen molar-refractivity contribution in [2.75, 3.05) is 5.32 Å². The number of carbonyl (C=O) groups excluding carboxylic acids is 1. The monoisotopic (exact) mass is 340 g/mol. The lowest BCUT2D eigenvalue weighted by Crippen LogP contribution is -2.27. The zero-order valence-electron chi connectivity index (χ0n) is 14.1. The second kappa shape index (κ2) is 6.20. The van der Waals surface area contributed by atoms with Crippen molar-refractivity contribution in [3.63, 3.8) is 0 Å². The van der Waals surface area contributed by atoms with Gasteiger partial charge in [0.2, 0.25) is 0 Å². The molecular formula is C17H21BN4O3. The molecule has 1 saturated carbocycles. The fraction of sp³-hybridized carbons (Fsp3) is 0.412. The maximum Gasteiger partial charge on any atom is 0.491 e. The van der Waals surface area contributed by atoms with Crippen LogP contribution in [0.3, 0.4) is 0 Å². The fourth-order valence-electron chi connectivity index (χ4n) is 3.80. The Kier molecular flexibility index (Phi) is 4.01. The second-order valence-electron chi connectivity index (χ2n) is 6.91. The first-order valence-corrected chi connectivity index (χ1v) is 8.61. The zero-order chi connectivity index (χ0) is 17.6. The van der Waals surface area contributed by atoms with E-state index in [1.54, 1.807) is 6.20 Å². The highest BCUT2D eigenvalue weighted by Gasteiger charge is 2.29. The molecule has 1 fully saturated rings. The molecule has 2 aliphatic rings. The van der Waals surface area contributed by atoms with E-state index in [9.17, 15) is 9.82 Å². The summed E-state index contributed by atoms with van der Waals surface area (Å²) in [7, 11) is -0.867. The molecule has 2 aromatic rings. The van der Waals surface area contributed by atoms with E-state index in [1.165, 1.54) is 12.8 Å². The maximum absolute atomic E-state index is 11.8. The summed E-state index contributed by atoms with van der Waals surface area (Å²) >= 11 is 0. The van der Waals surface area contributed by atoms with Crippen LogP contribution in [0.5, 0.6) is 0 Å². The van der Waals surface area contributed by atoms with Gasteiger partial charge in [-0.05, 0) is 41.9 Å². The molecule has 2 atom stereocenters. The van der Waals surface area contributed by atoms with Gasteiger partial charge in [-0.25, -0.2) is 0 Å². The van der Waals surface area contributed by atoms with Crippen molar-refractivity contribution in [1.82, 2.24) is 9.78 Å². The van der Waals surface area contributed by atoms with Crippen molar-refractivity contribution >= 4 is 30.0 Å². The Morgan fingerprint density at radius 1 is 1.48 bits per heavy atom. The molecule has 0 spiro atoms. The van der Waals surface area contributed by atoms with Crippen molar-refractivity contribution in [3.8, 4) is 0 Å². The number of aromatic nitrogens is 2. The van der Waals surface area contributed by atoms with Crippen molar-refractivity contribution in [2.45, 2.75) is 38.8 Å². The van der Waals surface area contributed by atoms with Gasteiger partial charge in [0.15, 0.2) is 5.82 Å². The number of amides is 1. The van der Waals surface area contributed by atoms with E-state index in [2.05, 4.69) is 17.3 Å². The third kappa shape index (κ3) is 2.92. The molecule has 0 saturated heterocycles. The van der Waals surface area contributed by atoms with E-state index in [0.29, 0.717) is 29.9 Å². The summed E-state index contributed by atoms with van der Waals surface area (Å²) in [6, 6.07) is 5.85. The van der Waals surface area contributed by atoms with Gasteiger partial charge < -0.3 is 20.7 Å². The molecular weight excluding hydrogens is 319 g/mol. The molecule has 0 bridgehead atoms. The first kappa shape index (κ1) is 16.2. The first-order chi connectivity index (χ1) is 12.0. The largest absolute Gasteiger partial charge is 0.491 e. The quantitative estimate of drug-likeness (QED) is 0.728. The predicted molar refractivity (Wildman–Crippen MR) is 94.9 cm³/mol. The highest BCUT2D eigenvalue weighted by atomic mass is 16.5. The Morgan fingerprint density at radius 3 is 3.04 bits per heavy atom. The lowest BCUT2D eigenvalue weighted by molar-refractivity contribution is 0.100. The summed E-state index contributed by atoms with van der Waals surface area (Å²) < 4.78 is 7.08. The van der Waals surface area contributed by atoms with Gasteiger partial charge in [0.05, 0.1) is 12.6 Å². The number of anilines is 2. The number of benzene rings is 1. The normalized spacial score (nSPS) is 22.2. The predicted octanol–water partition coefficient (Wildman–Crippen LogP) is 1.30. The zero-order valence-corrected chi connectivity index (χ0v) is 14.1. The Labute approximate surface area is 146 Å². The first-order valence-electron chi connectivity index (χ1n) is 8.61. The van der Waals surface area contributed by atoms with E-state index in [0.717, 1.165) is 23.1 Å². The van der Waals surface area contributed by atoms with Crippen molar-refractivity contribution in [1.29, 1.82) is 0 Å². The fourth-order valence-corrected chi connectivity index (χ4v) is 3.80. The minimum Gasteiger partial charge on any atom is -0.423 e. The van der Waals surface area contributed by atoms with E-state index in [-0.39, 0.29) is 0 Å². The summed E-state index contributed by atoms with van der Waals surface area (Å²) in [4.78, 5) is 11.8. The van der Waals surface area contributed by atoms with Crippen LogP contribution in [-0.4, -0.2) is 27.8 Å². The molecule has 2 heterocycles. The topological polar surface area (TPSA) is 102 Å². The molecule has 130 valence electrons. The highest BCUT2D eigenvalue weighted by Crippen LogP contribution is 2.36. The van der Waals surface area contributed by atoms with Crippen LogP contribution in [0.15, 0.2) is 24.4 Å². The lowest BCUT2D eigenvalue weighted by Gasteiger charge is -2.15. The van der Waals surface area contributed by atoms with Crippen molar-refractivity contribution in [2.24, 2.45) is 11.7 Å². The van der Waals surface area contributed by atoms with Crippen molar-refractivity contribution in [3.05, 3.63) is 35.5 Å². The van der Waals surface area contributed by atoms with Crippen LogP contribution in [0.25, 0.3) is 0 Å². The number of hydrogen-bond acceptors (Lipinski definition) is 5. The molecule has 0 unspecified atom stereocenters. The average Bonchev–Trinajstić information content (AvgIpc) is 3.27. The summed E-state index contributed by atoms with van der Waals surface area (Å²) in [5.74, 6) is 0.498. The molecule has 0 radical (unpaired) electrons. The SMILES string of the molecule is C[C@H]1CCC[C@@H]1n1cc(C(N)=O)c(Nc2ccc3c(c2)COB3O)n1. The van der Waals surface area contributed by atoms with Crippen LogP contribution < -0.4 is 16.5 Å². The maximum atomic E-state index is 11.8. The third-order valence-corrected chi connectivity index (χ3v) is 5.22. The number of hydrogen-bond donors (Lipinski definition) is 3. The number of nitrogens with two attached hydrogens (primary N) is 1. The number of nitrogens with one attached hydrogen (secondary N) is 1. The molecule has 1 amide bonds. The van der Waals surface area contributed by atoms with Crippen LogP contribution in [0.4, 0.5) is 11.5 Å². The molecule has 8 heteroatoms. The van der Waals surface area contributed by atoms with Crippen LogP contribution >= 0.6 is 0 Å². The molecule has 1 aliphatic carbocycles. The molecule has 4 rings (SSSR count). The smallest absolute Gasteiger partial charge is 0.423 e. The Morgan fingerprint density at radius 2 is 2.32 bits per heavy atom. The van der Waals surface area contributed by atoms with Crippen LogP contribution in [0.1, 0.15) is 48.1 Å². The summed E-state index contributed by atoms with van der Waals surface area (Å²) in [5, 5.41) is 17.5. The number of carbonyl (C=O) groups is 1. The third-order valence-electron chi connectivity index (χ3n) is 5.22. The molecule has 1 aromatic heterocycles. The van der Waals surface area contributed by atoms with Gasteiger partial charge in [-0.15, -0.1) is 0 Å². The number of primary amides is 1. The molecule has 4 N–H and O–H groups in total. The number of fused-ring (bicyclic) bond motifs is 1. The minimum absolute atomic E-state index is 0.303. The standard InChI is InChI=1S/C17H21BN4O3/c1-10-3-2-4-15(10)22-8-13(16(19)23)17(21-22)20-12-5-6-14-11(7-12)9-25-18(14)24/h5-8,10,15,24H,2-4,9H2,1H3,(H2,19,23)(H,20,21)/t10-,15-/m0/s1. The van der Waals surface area contributed by atoms with Gasteiger partial charge in [0, 0.05) is 11.9 Å². The van der Waals surface area contributed by atoms with Crippen LogP contribution in [-0.2, 0) is 11.3 Å². The molecule has 1 aliphatic heterocycles. The summed E-state index contributed by atoms with van der Waals surface area (Å²) in [6.07, 6.45) is 5.16. The number of nitrogens with zero attached hydrogens (tertiary/aromatic N) is 2. The molecule has 25 heavy (non-hydrogen) atoms. The van der Waals surface area contributed by atoms with Gasteiger partial charge in [0.1, 0.15) is 5.56 Å². The van der Waals surface area contributed by atoms with E-state index in [4.69, 9.17) is 10.4 Å². The average molecular weight is 340 g/mol. The van der Waals surface area contributed by atoms with Gasteiger partial charge in [0.25, 0.3) is 5.91 Å². The number of rotatable bonds is 4. The van der Waals surface area contributed by atoms with Crippen LogP contribution in [0.2, 0.25) is 0 Å².